The molecule has 3 aliphatic rings. The van der Waals surface area contributed by atoms with Gasteiger partial charge in [0.25, 0.3) is 0 Å². The lowest BCUT2D eigenvalue weighted by Gasteiger charge is -2.36. The van der Waals surface area contributed by atoms with E-state index in [1.807, 2.05) is 30.9 Å². The number of carbonyl (C=O) groups is 2. The zero-order chi connectivity index (χ0) is 22.5. The van der Waals surface area contributed by atoms with Gasteiger partial charge in [-0.3, -0.25) is 9.69 Å². The smallest absolute Gasteiger partial charge is 0.321 e. The van der Waals surface area contributed by atoms with Crippen LogP contribution in [0.25, 0.3) is 0 Å². The van der Waals surface area contributed by atoms with Crippen molar-refractivity contribution in [3.8, 4) is 0 Å². The average molecular weight is 443 g/mol. The maximum Gasteiger partial charge on any atom is 0.321 e. The lowest BCUT2D eigenvalue weighted by molar-refractivity contribution is -0.140. The second kappa shape index (κ2) is 10.7. The Balaban J connectivity index is 1.34. The standard InChI is InChI=1S/C25H38N4O3/c1-19-7-8-20(2)23(17-19)26-25(31)28-12-9-22(18-28)29(24(30)21-5-3-6-21)11-4-10-27-13-15-32-16-14-27/h7-8,17,21-22H,3-6,9-16,18H2,1-2H3,(H,26,31). The van der Waals surface area contributed by atoms with Gasteiger partial charge in [0.1, 0.15) is 0 Å². The van der Waals surface area contributed by atoms with Crippen LogP contribution in [-0.4, -0.2) is 85.2 Å². The van der Waals surface area contributed by atoms with Gasteiger partial charge in [0.05, 0.1) is 19.3 Å². The average Bonchev–Trinajstić information content (AvgIpc) is 3.23. The van der Waals surface area contributed by atoms with Crippen LogP contribution >= 0.6 is 0 Å². The molecule has 3 amide bonds. The SMILES string of the molecule is Cc1ccc(C)c(NC(=O)N2CCC(N(CCCN3CCOCC3)C(=O)C3CCC3)C2)c1. The van der Waals surface area contributed by atoms with E-state index in [0.29, 0.717) is 19.0 Å². The Morgan fingerprint density at radius 3 is 2.62 bits per heavy atom. The molecule has 2 aliphatic heterocycles. The highest BCUT2D eigenvalue weighted by atomic mass is 16.5. The van der Waals surface area contributed by atoms with E-state index in [4.69, 9.17) is 4.74 Å². The summed E-state index contributed by atoms with van der Waals surface area (Å²) in [5.74, 6) is 0.497. The van der Waals surface area contributed by atoms with E-state index in [-0.39, 0.29) is 18.0 Å². The number of urea groups is 1. The van der Waals surface area contributed by atoms with Crippen LogP contribution in [-0.2, 0) is 9.53 Å². The third kappa shape index (κ3) is 5.62. The van der Waals surface area contributed by atoms with Crippen LogP contribution in [0.3, 0.4) is 0 Å². The summed E-state index contributed by atoms with van der Waals surface area (Å²) in [7, 11) is 0. The number of likely N-dealkylation sites (tertiary alicyclic amines) is 1. The minimum Gasteiger partial charge on any atom is -0.379 e. The lowest BCUT2D eigenvalue weighted by Crippen LogP contribution is -2.48. The van der Waals surface area contributed by atoms with Crippen molar-refractivity contribution in [3.05, 3.63) is 29.3 Å². The molecule has 1 aromatic rings. The van der Waals surface area contributed by atoms with E-state index < -0.39 is 0 Å². The maximum absolute atomic E-state index is 13.2. The predicted octanol–water partition coefficient (Wildman–Crippen LogP) is 3.26. The van der Waals surface area contributed by atoms with E-state index >= 15 is 0 Å². The summed E-state index contributed by atoms with van der Waals surface area (Å²) in [6.45, 7) is 10.7. The van der Waals surface area contributed by atoms with Gasteiger partial charge in [0.15, 0.2) is 0 Å². The number of hydrogen-bond donors (Lipinski definition) is 1. The first-order valence-electron chi connectivity index (χ1n) is 12.2. The molecule has 0 radical (unpaired) electrons. The number of hydrogen-bond acceptors (Lipinski definition) is 4. The number of ether oxygens (including phenoxy) is 1. The van der Waals surface area contributed by atoms with Crippen LogP contribution in [0.1, 0.15) is 43.2 Å². The normalized spacial score (nSPS) is 21.9. The van der Waals surface area contributed by atoms with Gasteiger partial charge in [-0.05, 0) is 56.7 Å². The van der Waals surface area contributed by atoms with E-state index in [1.54, 1.807) is 0 Å². The van der Waals surface area contributed by atoms with E-state index in [1.165, 1.54) is 0 Å². The minimum absolute atomic E-state index is 0.0643. The summed E-state index contributed by atoms with van der Waals surface area (Å²) in [6.07, 6.45) is 5.03. The van der Waals surface area contributed by atoms with Crippen molar-refractivity contribution < 1.29 is 14.3 Å². The number of benzene rings is 1. The predicted molar refractivity (Wildman–Crippen MR) is 126 cm³/mol. The summed E-state index contributed by atoms with van der Waals surface area (Å²) >= 11 is 0. The number of rotatable bonds is 7. The molecule has 1 aliphatic carbocycles. The fraction of sp³-hybridized carbons (Fsp3) is 0.680. The topological polar surface area (TPSA) is 65.1 Å². The fourth-order valence-electron chi connectivity index (χ4n) is 4.90. The van der Waals surface area contributed by atoms with Crippen LogP contribution < -0.4 is 5.32 Å². The summed E-state index contributed by atoms with van der Waals surface area (Å²) in [4.78, 5) is 32.6. The van der Waals surface area contributed by atoms with Crippen LogP contribution in [0, 0.1) is 19.8 Å². The highest BCUT2D eigenvalue weighted by Gasteiger charge is 2.37. The largest absolute Gasteiger partial charge is 0.379 e. The highest BCUT2D eigenvalue weighted by molar-refractivity contribution is 5.90. The van der Waals surface area contributed by atoms with Crippen LogP contribution in [0.15, 0.2) is 18.2 Å². The molecule has 32 heavy (non-hydrogen) atoms. The quantitative estimate of drug-likeness (QED) is 0.704. The lowest BCUT2D eigenvalue weighted by atomic mass is 9.84. The Morgan fingerprint density at radius 2 is 1.91 bits per heavy atom. The van der Waals surface area contributed by atoms with Crippen LogP contribution in [0.4, 0.5) is 10.5 Å². The molecule has 7 nitrogen and oxygen atoms in total. The number of carbonyl (C=O) groups excluding carboxylic acids is 2. The number of amides is 3. The Labute approximate surface area is 192 Å². The third-order valence-corrected chi connectivity index (χ3v) is 7.24. The van der Waals surface area contributed by atoms with Gasteiger partial charge >= 0.3 is 6.03 Å². The number of anilines is 1. The summed E-state index contributed by atoms with van der Waals surface area (Å²) < 4.78 is 5.44. The molecule has 4 rings (SSSR count). The van der Waals surface area contributed by atoms with E-state index in [9.17, 15) is 9.59 Å². The van der Waals surface area contributed by atoms with Gasteiger partial charge in [-0.2, -0.15) is 0 Å². The van der Waals surface area contributed by atoms with Crippen molar-refractivity contribution >= 4 is 17.6 Å². The number of aryl methyl sites for hydroxylation is 2. The van der Waals surface area contributed by atoms with Gasteiger partial charge in [-0.1, -0.05) is 18.6 Å². The number of nitrogens with zero attached hydrogens (tertiary/aromatic N) is 3. The molecule has 2 heterocycles. The molecule has 2 saturated heterocycles. The molecule has 0 aromatic heterocycles. The Morgan fingerprint density at radius 1 is 1.12 bits per heavy atom. The number of nitrogens with one attached hydrogen (secondary N) is 1. The zero-order valence-electron chi connectivity index (χ0n) is 19.6. The minimum atomic E-state index is -0.0643. The van der Waals surface area contributed by atoms with Crippen molar-refractivity contribution in [3.63, 3.8) is 0 Å². The Hall–Kier alpha value is -2.12. The van der Waals surface area contributed by atoms with E-state index in [2.05, 4.69) is 21.2 Å². The van der Waals surface area contributed by atoms with Crippen LogP contribution in [0.5, 0.6) is 0 Å². The summed E-state index contributed by atoms with van der Waals surface area (Å²) in [5.41, 5.74) is 3.05. The fourth-order valence-corrected chi connectivity index (χ4v) is 4.90. The van der Waals surface area contributed by atoms with Crippen LogP contribution in [0.2, 0.25) is 0 Å². The van der Waals surface area contributed by atoms with Crippen molar-refractivity contribution in [2.75, 3.05) is 57.8 Å². The van der Waals surface area contributed by atoms with Gasteiger partial charge in [0.2, 0.25) is 5.91 Å². The molecule has 1 saturated carbocycles. The Kier molecular flexibility index (Phi) is 7.68. The van der Waals surface area contributed by atoms with E-state index in [0.717, 1.165) is 88.3 Å². The summed E-state index contributed by atoms with van der Waals surface area (Å²) in [6, 6.07) is 6.16. The molecule has 0 bridgehead atoms. The monoisotopic (exact) mass is 442 g/mol. The first-order chi connectivity index (χ1) is 15.5. The first-order valence-corrected chi connectivity index (χ1v) is 12.2. The van der Waals surface area contributed by atoms with Gasteiger partial charge in [0, 0.05) is 50.9 Å². The molecular weight excluding hydrogens is 404 g/mol. The molecule has 1 unspecified atom stereocenters. The van der Waals surface area contributed by atoms with Crippen molar-refractivity contribution in [2.24, 2.45) is 5.92 Å². The molecular formula is C25H38N4O3. The molecule has 0 spiro atoms. The van der Waals surface area contributed by atoms with Gasteiger partial charge in [-0.25, -0.2) is 4.79 Å². The second-order valence-corrected chi connectivity index (χ2v) is 9.60. The maximum atomic E-state index is 13.2. The van der Waals surface area contributed by atoms with Crippen molar-refractivity contribution in [1.29, 1.82) is 0 Å². The molecule has 1 atom stereocenters. The third-order valence-electron chi connectivity index (χ3n) is 7.24. The molecule has 1 aromatic carbocycles. The van der Waals surface area contributed by atoms with Crippen molar-refractivity contribution in [2.45, 2.75) is 52.0 Å². The summed E-state index contributed by atoms with van der Waals surface area (Å²) in [5, 5.41) is 3.08. The highest BCUT2D eigenvalue weighted by Crippen LogP contribution is 2.30. The van der Waals surface area contributed by atoms with Gasteiger partial charge < -0.3 is 19.9 Å². The zero-order valence-corrected chi connectivity index (χ0v) is 19.6. The van der Waals surface area contributed by atoms with Crippen molar-refractivity contribution in [1.82, 2.24) is 14.7 Å². The first kappa shape index (κ1) is 23.1. The Bertz CT molecular complexity index is 804. The number of morpholine rings is 1. The molecule has 1 N–H and O–H groups in total. The molecule has 3 fully saturated rings. The van der Waals surface area contributed by atoms with Gasteiger partial charge in [-0.15, -0.1) is 0 Å². The second-order valence-electron chi connectivity index (χ2n) is 9.60. The molecule has 7 heteroatoms. The molecule has 176 valence electrons.